The second-order valence-electron chi connectivity index (χ2n) is 6.22. The minimum Gasteiger partial charge on any atom is -0.444 e. The summed E-state index contributed by atoms with van der Waals surface area (Å²) in [5.74, 6) is 0.322. The monoisotopic (exact) mass is 309 g/mol. The third-order valence-corrected chi connectivity index (χ3v) is 3.29. The third-order valence-electron chi connectivity index (χ3n) is 3.29. The van der Waals surface area contributed by atoms with Crippen molar-refractivity contribution in [1.29, 1.82) is 0 Å². The number of ether oxygens (including phenoxy) is 1. The number of hydrogen-bond acceptors (Lipinski definition) is 7. The van der Waals surface area contributed by atoms with Gasteiger partial charge in [0.2, 0.25) is 0 Å². The van der Waals surface area contributed by atoms with Gasteiger partial charge >= 0.3 is 6.09 Å². The highest BCUT2D eigenvalue weighted by Crippen LogP contribution is 2.23. The van der Waals surface area contributed by atoms with E-state index in [2.05, 4.69) is 10.2 Å². The fourth-order valence-electron chi connectivity index (χ4n) is 2.22. The number of aliphatic hydroxyl groups is 1. The van der Waals surface area contributed by atoms with E-state index in [0.29, 0.717) is 37.7 Å². The van der Waals surface area contributed by atoms with Gasteiger partial charge in [-0.1, -0.05) is 0 Å². The summed E-state index contributed by atoms with van der Waals surface area (Å²) in [7, 11) is 0. The van der Waals surface area contributed by atoms with E-state index in [-0.39, 0.29) is 12.7 Å². The van der Waals surface area contributed by atoms with Crippen molar-refractivity contribution in [2.75, 3.05) is 36.8 Å². The highest BCUT2D eigenvalue weighted by Gasteiger charge is 2.26. The van der Waals surface area contributed by atoms with Crippen molar-refractivity contribution >= 4 is 17.6 Å². The number of aromatic nitrogens is 2. The van der Waals surface area contributed by atoms with Crippen LogP contribution in [0.3, 0.4) is 0 Å². The Labute approximate surface area is 129 Å². The summed E-state index contributed by atoms with van der Waals surface area (Å²) in [6.07, 6.45) is -0.302. The molecule has 8 nitrogen and oxygen atoms in total. The van der Waals surface area contributed by atoms with Crippen LogP contribution in [0.25, 0.3) is 0 Å². The molecule has 0 aliphatic carbocycles. The van der Waals surface area contributed by atoms with Gasteiger partial charge in [-0.15, -0.1) is 5.10 Å². The van der Waals surface area contributed by atoms with Gasteiger partial charge in [-0.3, -0.25) is 0 Å². The Kier molecular flexibility index (Phi) is 4.70. The quantitative estimate of drug-likeness (QED) is 0.824. The molecule has 1 aliphatic rings. The summed E-state index contributed by atoms with van der Waals surface area (Å²) in [4.78, 5) is 15.7. The molecule has 3 N–H and O–H groups in total. The van der Waals surface area contributed by atoms with Gasteiger partial charge in [0.05, 0.1) is 18.0 Å². The number of amides is 1. The lowest BCUT2D eigenvalue weighted by atomic mass is 10.2. The molecule has 1 amide bonds. The maximum absolute atomic E-state index is 12.0. The predicted octanol–water partition coefficient (Wildman–Crippen LogP) is 0.608. The molecule has 1 saturated heterocycles. The van der Waals surface area contributed by atoms with E-state index in [0.717, 1.165) is 5.69 Å². The van der Waals surface area contributed by atoms with Crippen molar-refractivity contribution < 1.29 is 14.6 Å². The molecule has 8 heteroatoms. The Bertz CT molecular complexity index is 536. The zero-order valence-corrected chi connectivity index (χ0v) is 13.2. The van der Waals surface area contributed by atoms with Gasteiger partial charge in [-0.2, -0.15) is 5.10 Å². The fourth-order valence-corrected chi connectivity index (χ4v) is 2.22. The van der Waals surface area contributed by atoms with Crippen LogP contribution in [0, 0.1) is 0 Å². The number of nitrogens with zero attached hydrogens (tertiary/aromatic N) is 4. The van der Waals surface area contributed by atoms with E-state index in [9.17, 15) is 4.79 Å². The Hall–Kier alpha value is -2.09. The Morgan fingerprint density at radius 1 is 1.32 bits per heavy atom. The van der Waals surface area contributed by atoms with Gasteiger partial charge in [0.1, 0.15) is 5.60 Å². The lowest BCUT2D eigenvalue weighted by Gasteiger charge is -2.36. The van der Waals surface area contributed by atoms with Crippen LogP contribution >= 0.6 is 0 Å². The lowest BCUT2D eigenvalue weighted by molar-refractivity contribution is 0.0240. The molecule has 0 radical (unpaired) electrons. The van der Waals surface area contributed by atoms with Crippen LogP contribution in [0.2, 0.25) is 0 Å². The number of anilines is 2. The van der Waals surface area contributed by atoms with Crippen molar-refractivity contribution in [2.45, 2.75) is 33.0 Å². The fraction of sp³-hybridized carbons (Fsp3) is 0.643. The number of aliphatic hydroxyl groups excluding tert-OH is 1. The molecule has 0 saturated carbocycles. The van der Waals surface area contributed by atoms with Crippen LogP contribution in [-0.2, 0) is 11.3 Å². The molecule has 122 valence electrons. The summed E-state index contributed by atoms with van der Waals surface area (Å²) in [6, 6.07) is 1.73. The van der Waals surface area contributed by atoms with E-state index in [4.69, 9.17) is 15.6 Å². The maximum atomic E-state index is 12.0. The van der Waals surface area contributed by atoms with E-state index in [1.54, 1.807) is 11.0 Å². The molecule has 1 aliphatic heterocycles. The number of carbonyl (C=O) groups excluding carboxylic acids is 1. The molecular formula is C14H23N5O3. The number of rotatable bonds is 2. The van der Waals surface area contributed by atoms with Crippen LogP contribution in [0.15, 0.2) is 6.07 Å². The molecule has 0 unspecified atom stereocenters. The smallest absolute Gasteiger partial charge is 0.410 e. The largest absolute Gasteiger partial charge is 0.444 e. The Morgan fingerprint density at radius 3 is 2.50 bits per heavy atom. The van der Waals surface area contributed by atoms with Gasteiger partial charge in [0, 0.05) is 26.2 Å². The minimum atomic E-state index is -0.496. The lowest BCUT2D eigenvalue weighted by Crippen LogP contribution is -2.50. The molecule has 22 heavy (non-hydrogen) atoms. The highest BCUT2D eigenvalue weighted by molar-refractivity contribution is 5.69. The highest BCUT2D eigenvalue weighted by atomic mass is 16.6. The first-order valence-electron chi connectivity index (χ1n) is 7.26. The molecule has 0 bridgehead atoms. The molecule has 0 spiro atoms. The van der Waals surface area contributed by atoms with Crippen molar-refractivity contribution in [3.05, 3.63) is 11.8 Å². The maximum Gasteiger partial charge on any atom is 0.410 e. The van der Waals surface area contributed by atoms with E-state index >= 15 is 0 Å². The molecular weight excluding hydrogens is 286 g/mol. The average Bonchev–Trinajstić information content (AvgIpc) is 2.46. The standard InChI is InChI=1S/C14H23N5O3/c1-14(2,3)22-13(21)19-6-4-18(5-7-19)11-8-10(9-20)16-17-12(11)15/h8,20H,4-7,9H2,1-3H3,(H2,15,17). The first kappa shape index (κ1) is 16.3. The molecule has 1 fully saturated rings. The van der Waals surface area contributed by atoms with Crippen LogP contribution in [0.5, 0.6) is 0 Å². The molecule has 1 aromatic rings. The van der Waals surface area contributed by atoms with Crippen molar-refractivity contribution in [3.8, 4) is 0 Å². The Balaban J connectivity index is 1.99. The molecule has 2 rings (SSSR count). The number of nitrogens with two attached hydrogens (primary N) is 1. The van der Waals surface area contributed by atoms with Crippen LogP contribution in [0.1, 0.15) is 26.5 Å². The van der Waals surface area contributed by atoms with Crippen LogP contribution in [-0.4, -0.2) is 58.1 Å². The summed E-state index contributed by atoms with van der Waals surface area (Å²) < 4.78 is 5.37. The van der Waals surface area contributed by atoms with Crippen molar-refractivity contribution in [1.82, 2.24) is 15.1 Å². The minimum absolute atomic E-state index is 0.182. The second-order valence-corrected chi connectivity index (χ2v) is 6.22. The van der Waals surface area contributed by atoms with Gasteiger partial charge in [-0.05, 0) is 26.8 Å². The van der Waals surface area contributed by atoms with Crippen LogP contribution in [0.4, 0.5) is 16.3 Å². The Morgan fingerprint density at radius 2 is 1.95 bits per heavy atom. The average molecular weight is 309 g/mol. The number of carbonyl (C=O) groups is 1. The molecule has 1 aromatic heterocycles. The normalized spacial score (nSPS) is 15.8. The molecule has 0 atom stereocenters. The first-order valence-corrected chi connectivity index (χ1v) is 7.26. The number of piperazine rings is 1. The second kappa shape index (κ2) is 6.35. The van der Waals surface area contributed by atoms with E-state index in [1.807, 2.05) is 25.7 Å². The van der Waals surface area contributed by atoms with Gasteiger partial charge in [0.25, 0.3) is 0 Å². The van der Waals surface area contributed by atoms with E-state index in [1.165, 1.54) is 0 Å². The number of nitrogen functional groups attached to an aromatic ring is 1. The summed E-state index contributed by atoms with van der Waals surface area (Å²) in [6.45, 7) is 7.71. The number of hydrogen-bond donors (Lipinski definition) is 2. The van der Waals surface area contributed by atoms with Gasteiger partial charge < -0.3 is 25.4 Å². The zero-order valence-electron chi connectivity index (χ0n) is 13.2. The van der Waals surface area contributed by atoms with E-state index < -0.39 is 5.60 Å². The first-order chi connectivity index (χ1) is 10.3. The van der Waals surface area contributed by atoms with Gasteiger partial charge in [-0.25, -0.2) is 4.79 Å². The summed E-state index contributed by atoms with van der Waals surface area (Å²) in [5.41, 5.74) is 6.56. The van der Waals surface area contributed by atoms with Gasteiger partial charge in [0.15, 0.2) is 5.82 Å². The third kappa shape index (κ3) is 3.97. The van der Waals surface area contributed by atoms with Crippen LogP contribution < -0.4 is 10.6 Å². The summed E-state index contributed by atoms with van der Waals surface area (Å²) in [5, 5.41) is 16.8. The zero-order chi connectivity index (χ0) is 16.3. The topological polar surface area (TPSA) is 105 Å². The van der Waals surface area contributed by atoms with Crippen molar-refractivity contribution in [3.63, 3.8) is 0 Å². The predicted molar refractivity (Wildman–Crippen MR) is 82.4 cm³/mol. The summed E-state index contributed by atoms with van der Waals surface area (Å²) >= 11 is 0. The van der Waals surface area contributed by atoms with Crippen molar-refractivity contribution in [2.24, 2.45) is 0 Å². The molecule has 0 aromatic carbocycles. The molecule has 2 heterocycles. The SMILES string of the molecule is CC(C)(C)OC(=O)N1CCN(c2cc(CO)nnc2N)CC1.